The molecule has 0 rings (SSSR count). The second-order valence-corrected chi connectivity index (χ2v) is 2.83. The Hall–Kier alpha value is -0.720. The maximum absolute atomic E-state index is 9.75. The van der Waals surface area contributed by atoms with Crippen LogP contribution in [0.25, 0.3) is 0 Å². The number of rotatable bonds is 4. The zero-order valence-electron chi connectivity index (χ0n) is 6.66. The van der Waals surface area contributed by atoms with E-state index in [4.69, 9.17) is 20.0 Å². The Morgan fingerprint density at radius 1 is 1.54 bits per heavy atom. The highest BCUT2D eigenvalue weighted by Gasteiger charge is 2.11. The molecule has 0 fully saturated rings. The van der Waals surface area contributed by atoms with Crippen molar-refractivity contribution in [2.24, 2.45) is 0 Å². The van der Waals surface area contributed by atoms with Gasteiger partial charge in [-0.3, -0.25) is 4.52 Å². The van der Waals surface area contributed by atoms with Gasteiger partial charge in [0.2, 0.25) is 0 Å². The van der Waals surface area contributed by atoms with Gasteiger partial charge in [-0.2, -0.15) is 0 Å². The third kappa shape index (κ3) is 24.6. The molecule has 0 atom stereocenters. The van der Waals surface area contributed by atoms with E-state index in [2.05, 4.69) is 11.1 Å². The SMILES string of the molecule is C=CC(=O)O.O=P(O)(O)OCCO. The van der Waals surface area contributed by atoms with Crippen molar-refractivity contribution in [3.8, 4) is 0 Å². The molecule has 0 spiro atoms. The van der Waals surface area contributed by atoms with Crippen LogP contribution < -0.4 is 0 Å². The van der Waals surface area contributed by atoms with Crippen LogP contribution in [0.1, 0.15) is 0 Å². The van der Waals surface area contributed by atoms with Gasteiger partial charge in [-0.15, -0.1) is 0 Å². The van der Waals surface area contributed by atoms with Crippen LogP contribution in [-0.4, -0.2) is 39.2 Å². The standard InChI is InChI=1S/C3H4O2.C2H7O5P/c1-2-3(4)5;3-1-2-7-8(4,5)6/h2H,1H2,(H,4,5);3H,1-2H2,(H2,4,5,6). The molecule has 13 heavy (non-hydrogen) atoms. The molecular formula is C5H11O7P. The van der Waals surface area contributed by atoms with Crippen LogP contribution in [0.5, 0.6) is 0 Å². The van der Waals surface area contributed by atoms with E-state index in [0.717, 1.165) is 6.08 Å². The van der Waals surface area contributed by atoms with Gasteiger partial charge in [-0.05, 0) is 0 Å². The first-order valence-electron chi connectivity index (χ1n) is 2.99. The molecule has 0 amide bonds. The number of aliphatic hydroxyl groups is 1. The normalized spacial score (nSPS) is 9.77. The number of hydrogen-bond donors (Lipinski definition) is 4. The Balaban J connectivity index is 0. The summed E-state index contributed by atoms with van der Waals surface area (Å²) in [6, 6.07) is 0. The van der Waals surface area contributed by atoms with Gasteiger partial charge in [-0.25, -0.2) is 9.36 Å². The van der Waals surface area contributed by atoms with Crippen LogP contribution in [0.15, 0.2) is 12.7 Å². The highest BCUT2D eigenvalue weighted by molar-refractivity contribution is 7.46. The fourth-order valence-corrected chi connectivity index (χ4v) is 0.479. The second-order valence-electron chi connectivity index (χ2n) is 1.59. The van der Waals surface area contributed by atoms with Crippen molar-refractivity contribution >= 4 is 13.8 Å². The van der Waals surface area contributed by atoms with Crippen molar-refractivity contribution in [2.75, 3.05) is 13.2 Å². The van der Waals surface area contributed by atoms with Crippen LogP contribution in [-0.2, 0) is 13.9 Å². The maximum atomic E-state index is 9.75. The molecule has 7 nitrogen and oxygen atoms in total. The van der Waals surface area contributed by atoms with Gasteiger partial charge in [0.15, 0.2) is 0 Å². The largest absolute Gasteiger partial charge is 0.478 e. The third-order valence-corrected chi connectivity index (χ3v) is 1.04. The minimum atomic E-state index is -4.34. The molecular weight excluding hydrogens is 203 g/mol. The molecule has 0 aromatic rings. The molecule has 0 aliphatic rings. The lowest BCUT2D eigenvalue weighted by molar-refractivity contribution is -0.131. The Morgan fingerprint density at radius 2 is 1.92 bits per heavy atom. The van der Waals surface area contributed by atoms with Gasteiger partial charge in [0.05, 0.1) is 13.2 Å². The number of hydrogen-bond acceptors (Lipinski definition) is 4. The molecule has 0 saturated carbocycles. The van der Waals surface area contributed by atoms with Gasteiger partial charge in [-0.1, -0.05) is 6.58 Å². The molecule has 0 aromatic carbocycles. The first-order chi connectivity index (χ1) is 5.83. The van der Waals surface area contributed by atoms with Gasteiger partial charge in [0.1, 0.15) is 0 Å². The monoisotopic (exact) mass is 214 g/mol. The topological polar surface area (TPSA) is 124 Å². The van der Waals surface area contributed by atoms with E-state index in [9.17, 15) is 9.36 Å². The summed E-state index contributed by atoms with van der Waals surface area (Å²) in [7, 11) is -4.34. The van der Waals surface area contributed by atoms with E-state index in [0.29, 0.717) is 0 Å². The van der Waals surface area contributed by atoms with Crippen molar-refractivity contribution < 1.29 is 33.9 Å². The van der Waals surface area contributed by atoms with Crippen molar-refractivity contribution in [1.29, 1.82) is 0 Å². The van der Waals surface area contributed by atoms with Crippen molar-refractivity contribution in [1.82, 2.24) is 0 Å². The number of aliphatic hydroxyl groups excluding tert-OH is 1. The number of phosphoric acid groups is 1. The quantitative estimate of drug-likeness (QED) is 0.361. The molecule has 4 N–H and O–H groups in total. The van der Waals surface area contributed by atoms with E-state index in [-0.39, 0.29) is 13.2 Å². The lowest BCUT2D eigenvalue weighted by Crippen LogP contribution is -1.95. The van der Waals surface area contributed by atoms with Gasteiger partial charge >= 0.3 is 13.8 Å². The van der Waals surface area contributed by atoms with Crippen molar-refractivity contribution in [3.05, 3.63) is 12.7 Å². The molecule has 78 valence electrons. The fourth-order valence-electron chi connectivity index (χ4n) is 0.160. The van der Waals surface area contributed by atoms with Crippen molar-refractivity contribution in [3.63, 3.8) is 0 Å². The van der Waals surface area contributed by atoms with Gasteiger partial charge < -0.3 is 20.0 Å². The highest BCUT2D eigenvalue weighted by Crippen LogP contribution is 2.34. The number of carboxylic acids is 1. The summed E-state index contributed by atoms with van der Waals surface area (Å²) in [4.78, 5) is 25.1. The van der Waals surface area contributed by atoms with E-state index in [1.165, 1.54) is 0 Å². The summed E-state index contributed by atoms with van der Waals surface area (Å²) in [5, 5.41) is 15.6. The van der Waals surface area contributed by atoms with Crippen LogP contribution in [0, 0.1) is 0 Å². The lowest BCUT2D eigenvalue weighted by Gasteiger charge is -2.00. The number of carboxylic acid groups (broad SMARTS) is 1. The van der Waals surface area contributed by atoms with Crippen LogP contribution in [0.2, 0.25) is 0 Å². The minimum Gasteiger partial charge on any atom is -0.478 e. The predicted octanol–water partition coefficient (Wildman–Crippen LogP) is -0.655. The number of phosphoric ester groups is 1. The summed E-state index contributed by atoms with van der Waals surface area (Å²) in [5.41, 5.74) is 0. The molecule has 0 aliphatic carbocycles. The molecule has 0 bridgehead atoms. The lowest BCUT2D eigenvalue weighted by atomic mass is 10.7. The summed E-state index contributed by atoms with van der Waals surface area (Å²) < 4.78 is 13.5. The van der Waals surface area contributed by atoms with Gasteiger partial charge in [0, 0.05) is 6.08 Å². The molecule has 0 radical (unpaired) electrons. The molecule has 0 unspecified atom stereocenters. The summed E-state index contributed by atoms with van der Waals surface area (Å²) in [6.45, 7) is 2.25. The average Bonchev–Trinajstić information content (AvgIpc) is 2.00. The smallest absolute Gasteiger partial charge is 0.469 e. The summed E-state index contributed by atoms with van der Waals surface area (Å²) in [5.74, 6) is -0.981. The van der Waals surface area contributed by atoms with Crippen LogP contribution >= 0.6 is 7.82 Å². The van der Waals surface area contributed by atoms with E-state index in [1.807, 2.05) is 0 Å². The molecule has 0 aliphatic heterocycles. The number of carbonyl (C=O) groups is 1. The second kappa shape index (κ2) is 7.90. The zero-order valence-corrected chi connectivity index (χ0v) is 7.55. The summed E-state index contributed by atoms with van der Waals surface area (Å²) >= 11 is 0. The molecule has 0 aromatic heterocycles. The first kappa shape index (κ1) is 14.8. The van der Waals surface area contributed by atoms with Crippen LogP contribution in [0.4, 0.5) is 0 Å². The number of aliphatic carboxylic acids is 1. The predicted molar refractivity (Wildman–Crippen MR) is 42.9 cm³/mol. The molecule has 0 heterocycles. The fraction of sp³-hybridized carbons (Fsp3) is 0.400. The Morgan fingerprint density at radius 3 is 2.00 bits per heavy atom. The van der Waals surface area contributed by atoms with Crippen molar-refractivity contribution in [2.45, 2.75) is 0 Å². The minimum absolute atomic E-state index is 0.329. The first-order valence-corrected chi connectivity index (χ1v) is 4.53. The average molecular weight is 214 g/mol. The molecule has 8 heteroatoms. The Labute approximate surface area is 74.5 Å². The third-order valence-electron chi connectivity index (χ3n) is 0.525. The maximum Gasteiger partial charge on any atom is 0.469 e. The summed E-state index contributed by atoms with van der Waals surface area (Å²) in [6.07, 6.45) is 0.833. The van der Waals surface area contributed by atoms with E-state index < -0.39 is 13.8 Å². The van der Waals surface area contributed by atoms with Gasteiger partial charge in [0.25, 0.3) is 0 Å². The Bertz CT molecular complexity index is 195. The van der Waals surface area contributed by atoms with E-state index >= 15 is 0 Å². The zero-order chi connectivity index (χ0) is 10.9. The molecule has 0 saturated heterocycles. The van der Waals surface area contributed by atoms with E-state index in [1.54, 1.807) is 0 Å². The van der Waals surface area contributed by atoms with Crippen LogP contribution in [0.3, 0.4) is 0 Å². The highest BCUT2D eigenvalue weighted by atomic mass is 31.2. The Kier molecular flexibility index (Phi) is 8.99.